The Labute approximate surface area is 248 Å². The van der Waals surface area contributed by atoms with Crippen molar-refractivity contribution in [1.29, 1.82) is 0 Å². The second kappa shape index (κ2) is 11.5. The average Bonchev–Trinajstić information content (AvgIpc) is 3.50. The number of nitrogens with zero attached hydrogens (tertiary/aromatic N) is 1. The van der Waals surface area contributed by atoms with Crippen molar-refractivity contribution >= 4 is 28.6 Å². The van der Waals surface area contributed by atoms with E-state index in [9.17, 15) is 24.6 Å². The number of aliphatic hydroxyl groups excluding tert-OH is 1. The van der Waals surface area contributed by atoms with Crippen LogP contribution in [-0.2, 0) is 27.4 Å². The van der Waals surface area contributed by atoms with Crippen LogP contribution in [0.5, 0.6) is 11.5 Å². The van der Waals surface area contributed by atoms with Gasteiger partial charge in [-0.25, -0.2) is 0 Å². The number of hydrogen-bond acceptors (Lipinski definition) is 7. The zero-order chi connectivity index (χ0) is 30.1. The van der Waals surface area contributed by atoms with Gasteiger partial charge in [-0.15, -0.1) is 0 Å². The standard InChI is InChI=1S/C34H32N2O7/c1-42-26-13-7-12-25(30(26)43-20-21-8-3-2-4-9-21)29-27-28(32(39)36(16-17-37)31(27)38)34(35-29,33(40)41)19-22-14-15-23-10-5-6-11-24(23)18-22/h2-15,18,27-29,35,37H,16-17,19-20H2,1H3,(H,40,41). The summed E-state index contributed by atoms with van der Waals surface area (Å²) in [6.45, 7) is -0.428. The van der Waals surface area contributed by atoms with Gasteiger partial charge in [0.15, 0.2) is 11.5 Å². The molecule has 3 N–H and O–H groups in total. The van der Waals surface area contributed by atoms with E-state index < -0.39 is 47.8 Å². The summed E-state index contributed by atoms with van der Waals surface area (Å²) in [5, 5.41) is 25.7. The molecule has 2 amide bonds. The molecule has 43 heavy (non-hydrogen) atoms. The minimum atomic E-state index is -1.81. The average molecular weight is 581 g/mol. The van der Waals surface area contributed by atoms with Gasteiger partial charge in [-0.1, -0.05) is 84.9 Å². The zero-order valence-corrected chi connectivity index (χ0v) is 23.6. The van der Waals surface area contributed by atoms with Crippen LogP contribution in [0, 0.1) is 11.8 Å². The summed E-state index contributed by atoms with van der Waals surface area (Å²) in [6, 6.07) is 27.3. The first kappa shape index (κ1) is 28.4. The number of aliphatic carboxylic acids is 1. The SMILES string of the molecule is COc1cccc(C2NC(Cc3ccc4ccccc4c3)(C(=O)O)C3C(=O)N(CCO)C(=O)C23)c1OCc1ccccc1. The number of methoxy groups -OCH3 is 1. The summed E-state index contributed by atoms with van der Waals surface area (Å²) in [5.41, 5.74) is 0.321. The Morgan fingerprint density at radius 3 is 2.37 bits per heavy atom. The van der Waals surface area contributed by atoms with Crippen LogP contribution in [0.3, 0.4) is 0 Å². The first-order valence-corrected chi connectivity index (χ1v) is 14.2. The molecule has 0 radical (unpaired) electrons. The molecular weight excluding hydrogens is 548 g/mol. The second-order valence-corrected chi connectivity index (χ2v) is 11.0. The fraction of sp³-hybridized carbons (Fsp3) is 0.265. The summed E-state index contributed by atoms with van der Waals surface area (Å²) < 4.78 is 11.9. The number of amides is 2. The third-order valence-electron chi connectivity index (χ3n) is 8.54. The maximum atomic E-state index is 13.8. The van der Waals surface area contributed by atoms with Crippen molar-refractivity contribution in [2.45, 2.75) is 24.6 Å². The lowest BCUT2D eigenvalue weighted by Crippen LogP contribution is -2.57. The summed E-state index contributed by atoms with van der Waals surface area (Å²) in [4.78, 5) is 42.0. The molecule has 9 nitrogen and oxygen atoms in total. The van der Waals surface area contributed by atoms with E-state index in [2.05, 4.69) is 5.32 Å². The van der Waals surface area contributed by atoms with Gasteiger partial charge in [0.1, 0.15) is 12.1 Å². The largest absolute Gasteiger partial charge is 0.493 e. The van der Waals surface area contributed by atoms with Gasteiger partial charge < -0.3 is 19.7 Å². The highest BCUT2D eigenvalue weighted by Gasteiger charge is 2.68. The Morgan fingerprint density at radius 2 is 1.65 bits per heavy atom. The first-order valence-electron chi connectivity index (χ1n) is 14.2. The lowest BCUT2D eigenvalue weighted by molar-refractivity contribution is -0.151. The maximum absolute atomic E-state index is 13.8. The van der Waals surface area contributed by atoms with E-state index in [1.807, 2.05) is 72.8 Å². The highest BCUT2D eigenvalue weighted by atomic mass is 16.5. The molecular formula is C34H32N2O7. The van der Waals surface area contributed by atoms with E-state index in [0.29, 0.717) is 22.6 Å². The van der Waals surface area contributed by atoms with Crippen LogP contribution >= 0.6 is 0 Å². The molecule has 2 aliphatic rings. The Hall–Kier alpha value is -4.73. The number of fused-ring (bicyclic) bond motifs is 2. The zero-order valence-electron chi connectivity index (χ0n) is 23.6. The van der Waals surface area contributed by atoms with Crippen LogP contribution in [0.25, 0.3) is 10.8 Å². The predicted octanol–water partition coefficient (Wildman–Crippen LogP) is 3.73. The van der Waals surface area contributed by atoms with E-state index in [4.69, 9.17) is 9.47 Å². The van der Waals surface area contributed by atoms with Crippen molar-refractivity contribution in [3.8, 4) is 11.5 Å². The molecule has 0 aliphatic carbocycles. The van der Waals surface area contributed by atoms with Crippen molar-refractivity contribution in [2.75, 3.05) is 20.3 Å². The number of carboxylic acid groups (broad SMARTS) is 1. The minimum absolute atomic E-state index is 0.0407. The van der Waals surface area contributed by atoms with Crippen molar-refractivity contribution in [2.24, 2.45) is 11.8 Å². The molecule has 220 valence electrons. The number of carbonyl (C=O) groups excluding carboxylic acids is 2. The number of rotatable bonds is 10. The fourth-order valence-corrected chi connectivity index (χ4v) is 6.58. The molecule has 2 saturated heterocycles. The van der Waals surface area contributed by atoms with E-state index in [0.717, 1.165) is 21.2 Å². The monoisotopic (exact) mass is 580 g/mol. The molecule has 0 bridgehead atoms. The molecule has 9 heteroatoms. The molecule has 0 saturated carbocycles. The number of ether oxygens (including phenoxy) is 2. The van der Waals surface area contributed by atoms with Gasteiger partial charge in [-0.2, -0.15) is 0 Å². The molecule has 4 atom stereocenters. The van der Waals surface area contributed by atoms with E-state index >= 15 is 0 Å². The number of benzene rings is 4. The summed E-state index contributed by atoms with van der Waals surface area (Å²) in [5.74, 6) is -3.86. The summed E-state index contributed by atoms with van der Waals surface area (Å²) >= 11 is 0. The van der Waals surface area contributed by atoms with Gasteiger partial charge in [-0.3, -0.25) is 24.6 Å². The van der Waals surface area contributed by atoms with Gasteiger partial charge in [0.2, 0.25) is 11.8 Å². The minimum Gasteiger partial charge on any atom is -0.493 e. The number of likely N-dealkylation sites (tertiary alicyclic amines) is 1. The fourth-order valence-electron chi connectivity index (χ4n) is 6.58. The molecule has 4 unspecified atom stereocenters. The Morgan fingerprint density at radius 1 is 0.907 bits per heavy atom. The van der Waals surface area contributed by atoms with E-state index in [-0.39, 0.29) is 19.6 Å². The molecule has 6 rings (SSSR count). The molecule has 2 aliphatic heterocycles. The number of β-amino-alcohol motifs (C(OH)–C–C–N with tert-alkyl or cyclic N) is 1. The molecule has 2 fully saturated rings. The summed E-state index contributed by atoms with van der Waals surface area (Å²) in [7, 11) is 1.51. The number of hydrogen-bond donors (Lipinski definition) is 3. The normalized spacial score (nSPS) is 23.0. The number of imide groups is 1. The third kappa shape index (κ3) is 4.90. The molecule has 4 aromatic carbocycles. The van der Waals surface area contributed by atoms with Crippen LogP contribution in [0.15, 0.2) is 91.0 Å². The Bertz CT molecular complexity index is 1690. The Balaban J connectivity index is 1.46. The number of carbonyl (C=O) groups is 3. The molecule has 4 aromatic rings. The van der Waals surface area contributed by atoms with Crippen LogP contribution in [0.2, 0.25) is 0 Å². The van der Waals surface area contributed by atoms with E-state index in [1.165, 1.54) is 7.11 Å². The number of aliphatic hydroxyl groups is 1. The quantitative estimate of drug-likeness (QED) is 0.243. The first-order chi connectivity index (χ1) is 20.9. The lowest BCUT2D eigenvalue weighted by Gasteiger charge is -2.31. The highest BCUT2D eigenvalue weighted by molar-refractivity contribution is 6.09. The second-order valence-electron chi connectivity index (χ2n) is 11.0. The Kier molecular flexibility index (Phi) is 7.60. The molecule has 2 heterocycles. The van der Waals surface area contributed by atoms with E-state index in [1.54, 1.807) is 18.2 Å². The smallest absolute Gasteiger partial charge is 0.325 e. The van der Waals surface area contributed by atoms with Crippen molar-refractivity contribution in [3.05, 3.63) is 108 Å². The predicted molar refractivity (Wildman–Crippen MR) is 158 cm³/mol. The van der Waals surface area contributed by atoms with Crippen LogP contribution < -0.4 is 14.8 Å². The van der Waals surface area contributed by atoms with Gasteiger partial charge in [-0.05, 0) is 28.0 Å². The molecule has 0 aromatic heterocycles. The van der Waals surface area contributed by atoms with Gasteiger partial charge in [0, 0.05) is 18.0 Å². The van der Waals surface area contributed by atoms with Gasteiger partial charge >= 0.3 is 5.97 Å². The number of nitrogens with one attached hydrogen (secondary N) is 1. The number of para-hydroxylation sites is 1. The maximum Gasteiger partial charge on any atom is 0.325 e. The van der Waals surface area contributed by atoms with Crippen molar-refractivity contribution < 1.29 is 34.1 Å². The van der Waals surface area contributed by atoms with Gasteiger partial charge in [0.05, 0.1) is 32.1 Å². The third-order valence-corrected chi connectivity index (χ3v) is 8.54. The van der Waals surface area contributed by atoms with Crippen LogP contribution in [0.4, 0.5) is 0 Å². The van der Waals surface area contributed by atoms with Crippen LogP contribution in [0.1, 0.15) is 22.7 Å². The summed E-state index contributed by atoms with van der Waals surface area (Å²) in [6.07, 6.45) is -0.0407. The highest BCUT2D eigenvalue weighted by Crippen LogP contribution is 2.52. The van der Waals surface area contributed by atoms with Crippen molar-refractivity contribution in [1.82, 2.24) is 10.2 Å². The topological polar surface area (TPSA) is 125 Å². The van der Waals surface area contributed by atoms with Gasteiger partial charge in [0.25, 0.3) is 0 Å². The van der Waals surface area contributed by atoms with Crippen LogP contribution in [-0.4, -0.2) is 58.7 Å². The lowest BCUT2D eigenvalue weighted by atomic mass is 9.76. The molecule has 0 spiro atoms. The van der Waals surface area contributed by atoms with Crippen molar-refractivity contribution in [3.63, 3.8) is 0 Å². The number of carboxylic acids is 1.